The smallest absolute Gasteiger partial charge is 0.270 e. The number of carbonyl (C=O) groups excluding carboxylic acids is 1. The van der Waals surface area contributed by atoms with Crippen molar-refractivity contribution in [3.8, 4) is 17.1 Å². The van der Waals surface area contributed by atoms with Crippen LogP contribution in [0.4, 0.5) is 0 Å². The van der Waals surface area contributed by atoms with E-state index in [2.05, 4.69) is 15.3 Å². The molecular formula is C21H24ClN5O2. The summed E-state index contributed by atoms with van der Waals surface area (Å²) in [5.74, 6) is -0.175. The van der Waals surface area contributed by atoms with Crippen molar-refractivity contribution in [3.63, 3.8) is 0 Å². The van der Waals surface area contributed by atoms with Gasteiger partial charge < -0.3 is 14.6 Å². The number of nitrogens with one attached hydrogen (secondary N) is 1. The molecule has 0 atom stereocenters. The fraction of sp³-hybridized carbons (Fsp3) is 0.333. The summed E-state index contributed by atoms with van der Waals surface area (Å²) in [6.45, 7) is 4.63. The first-order valence-corrected chi connectivity index (χ1v) is 10.1. The Bertz CT molecular complexity index is 991. The van der Waals surface area contributed by atoms with Gasteiger partial charge in [0.1, 0.15) is 11.4 Å². The van der Waals surface area contributed by atoms with Gasteiger partial charge in [-0.05, 0) is 30.3 Å². The van der Waals surface area contributed by atoms with Crippen molar-refractivity contribution >= 4 is 17.5 Å². The maximum atomic E-state index is 13.0. The molecule has 2 aromatic heterocycles. The number of aryl methyl sites for hydroxylation is 1. The Kier molecular flexibility index (Phi) is 5.99. The van der Waals surface area contributed by atoms with E-state index in [1.54, 1.807) is 10.7 Å². The number of morpholine rings is 1. The van der Waals surface area contributed by atoms with Crippen LogP contribution >= 0.6 is 11.6 Å². The maximum absolute atomic E-state index is 13.0. The van der Waals surface area contributed by atoms with Crippen molar-refractivity contribution in [2.24, 2.45) is 7.05 Å². The maximum Gasteiger partial charge on any atom is 0.270 e. The highest BCUT2D eigenvalue weighted by molar-refractivity contribution is 6.32. The van der Waals surface area contributed by atoms with E-state index >= 15 is 0 Å². The highest BCUT2D eigenvalue weighted by Crippen LogP contribution is 2.25. The zero-order valence-corrected chi connectivity index (χ0v) is 17.1. The summed E-state index contributed by atoms with van der Waals surface area (Å²) >= 11 is 6.39. The molecule has 1 aliphatic rings. The van der Waals surface area contributed by atoms with Crippen LogP contribution in [0.25, 0.3) is 17.1 Å². The third-order valence-electron chi connectivity index (χ3n) is 5.05. The van der Waals surface area contributed by atoms with Crippen LogP contribution in [0.2, 0.25) is 5.02 Å². The molecule has 0 saturated carbocycles. The van der Waals surface area contributed by atoms with Gasteiger partial charge in [-0.3, -0.25) is 9.69 Å². The van der Waals surface area contributed by atoms with Crippen molar-refractivity contribution < 1.29 is 9.53 Å². The van der Waals surface area contributed by atoms with Gasteiger partial charge in [-0.25, -0.2) is 4.68 Å². The molecule has 1 N–H and O–H groups in total. The van der Waals surface area contributed by atoms with Gasteiger partial charge in [-0.2, -0.15) is 5.10 Å². The van der Waals surface area contributed by atoms with Gasteiger partial charge in [-0.1, -0.05) is 23.7 Å². The average molecular weight is 414 g/mol. The van der Waals surface area contributed by atoms with Crippen LogP contribution in [-0.2, 0) is 11.8 Å². The third kappa shape index (κ3) is 4.37. The molecule has 1 aromatic carbocycles. The van der Waals surface area contributed by atoms with E-state index in [0.717, 1.165) is 44.2 Å². The Morgan fingerprint density at radius 1 is 1.21 bits per heavy atom. The topological polar surface area (TPSA) is 64.3 Å². The number of carbonyl (C=O) groups is 1. The standard InChI is InChI=1S/C21H24ClN5O2/c1-25-9-4-7-19(25)17-15-20(27(24-17)18-6-3-2-5-16(18)22)21(28)23-8-10-26-11-13-29-14-12-26/h2-7,9,15H,8,10-14H2,1H3,(H,23,28). The second-order valence-electron chi connectivity index (χ2n) is 6.99. The highest BCUT2D eigenvalue weighted by atomic mass is 35.5. The Labute approximate surface area is 174 Å². The van der Waals surface area contributed by atoms with Crippen molar-refractivity contribution in [3.05, 3.63) is 59.4 Å². The van der Waals surface area contributed by atoms with E-state index in [-0.39, 0.29) is 5.91 Å². The van der Waals surface area contributed by atoms with Gasteiger partial charge in [-0.15, -0.1) is 0 Å². The number of para-hydroxylation sites is 1. The highest BCUT2D eigenvalue weighted by Gasteiger charge is 2.20. The molecule has 7 nitrogen and oxygen atoms in total. The Balaban J connectivity index is 1.58. The number of benzene rings is 1. The Morgan fingerprint density at radius 3 is 2.72 bits per heavy atom. The van der Waals surface area contributed by atoms with Crippen LogP contribution < -0.4 is 5.32 Å². The van der Waals surface area contributed by atoms with Gasteiger partial charge in [0, 0.05) is 39.4 Å². The van der Waals surface area contributed by atoms with Crippen LogP contribution in [0.5, 0.6) is 0 Å². The molecule has 1 aliphatic heterocycles. The molecule has 3 heterocycles. The normalized spacial score (nSPS) is 14.8. The average Bonchev–Trinajstić information content (AvgIpc) is 3.35. The molecule has 29 heavy (non-hydrogen) atoms. The number of aromatic nitrogens is 3. The summed E-state index contributed by atoms with van der Waals surface area (Å²) in [5, 5.41) is 8.24. The van der Waals surface area contributed by atoms with Crippen LogP contribution in [0.15, 0.2) is 48.7 Å². The molecule has 3 aromatic rings. The fourth-order valence-corrected chi connectivity index (χ4v) is 3.66. The van der Waals surface area contributed by atoms with E-state index < -0.39 is 0 Å². The van der Waals surface area contributed by atoms with E-state index in [4.69, 9.17) is 16.3 Å². The van der Waals surface area contributed by atoms with Gasteiger partial charge in [0.25, 0.3) is 5.91 Å². The first-order chi connectivity index (χ1) is 14.1. The van der Waals surface area contributed by atoms with Gasteiger partial charge in [0.05, 0.1) is 29.6 Å². The number of ether oxygens (including phenoxy) is 1. The third-order valence-corrected chi connectivity index (χ3v) is 5.37. The van der Waals surface area contributed by atoms with Crippen molar-refractivity contribution in [2.45, 2.75) is 0 Å². The Hall–Kier alpha value is -2.61. The lowest BCUT2D eigenvalue weighted by Crippen LogP contribution is -2.41. The minimum absolute atomic E-state index is 0.175. The molecule has 0 unspecified atom stereocenters. The summed E-state index contributed by atoms with van der Waals surface area (Å²) < 4.78 is 8.96. The van der Waals surface area contributed by atoms with E-state index in [1.807, 2.05) is 54.2 Å². The molecule has 152 valence electrons. The summed E-state index contributed by atoms with van der Waals surface area (Å²) in [5.41, 5.74) is 2.78. The van der Waals surface area contributed by atoms with Crippen LogP contribution in [-0.4, -0.2) is 64.5 Å². The molecule has 1 saturated heterocycles. The van der Waals surface area contributed by atoms with E-state index in [0.29, 0.717) is 22.9 Å². The number of amides is 1. The summed E-state index contributed by atoms with van der Waals surface area (Å²) in [6, 6.07) is 13.1. The first-order valence-electron chi connectivity index (χ1n) is 9.68. The van der Waals surface area contributed by atoms with Crippen molar-refractivity contribution in [1.82, 2.24) is 24.6 Å². The lowest BCUT2D eigenvalue weighted by atomic mass is 10.2. The van der Waals surface area contributed by atoms with E-state index in [9.17, 15) is 4.79 Å². The second-order valence-corrected chi connectivity index (χ2v) is 7.40. The lowest BCUT2D eigenvalue weighted by molar-refractivity contribution is 0.0383. The molecule has 0 bridgehead atoms. The Morgan fingerprint density at radius 2 is 2.00 bits per heavy atom. The van der Waals surface area contributed by atoms with Gasteiger partial charge in [0.2, 0.25) is 0 Å². The van der Waals surface area contributed by atoms with Gasteiger partial charge >= 0.3 is 0 Å². The first kappa shape index (κ1) is 19.7. The SMILES string of the molecule is Cn1cccc1-c1cc(C(=O)NCCN2CCOCC2)n(-c2ccccc2Cl)n1. The zero-order chi connectivity index (χ0) is 20.2. The predicted molar refractivity (Wildman–Crippen MR) is 113 cm³/mol. The summed E-state index contributed by atoms with van der Waals surface area (Å²) in [7, 11) is 1.95. The van der Waals surface area contributed by atoms with E-state index in [1.165, 1.54) is 0 Å². The molecule has 0 aliphatic carbocycles. The molecule has 0 spiro atoms. The minimum atomic E-state index is -0.175. The van der Waals surface area contributed by atoms with Crippen LogP contribution in [0.3, 0.4) is 0 Å². The quantitative estimate of drug-likeness (QED) is 0.674. The summed E-state index contributed by atoms with van der Waals surface area (Å²) in [4.78, 5) is 15.3. The molecule has 8 heteroatoms. The van der Waals surface area contributed by atoms with Gasteiger partial charge in [0.15, 0.2) is 0 Å². The minimum Gasteiger partial charge on any atom is -0.379 e. The predicted octanol–water partition coefficient (Wildman–Crippen LogP) is 2.59. The lowest BCUT2D eigenvalue weighted by Gasteiger charge is -2.26. The molecular weight excluding hydrogens is 390 g/mol. The zero-order valence-electron chi connectivity index (χ0n) is 16.3. The number of hydrogen-bond donors (Lipinski definition) is 1. The summed E-state index contributed by atoms with van der Waals surface area (Å²) in [6.07, 6.45) is 1.95. The number of halogens is 1. The molecule has 1 amide bonds. The largest absolute Gasteiger partial charge is 0.379 e. The number of nitrogens with zero attached hydrogens (tertiary/aromatic N) is 4. The van der Waals surface area contributed by atoms with Crippen molar-refractivity contribution in [2.75, 3.05) is 39.4 Å². The van der Waals surface area contributed by atoms with Crippen LogP contribution in [0.1, 0.15) is 10.5 Å². The number of rotatable bonds is 6. The number of hydrogen-bond acceptors (Lipinski definition) is 4. The molecule has 1 fully saturated rings. The van der Waals surface area contributed by atoms with Crippen LogP contribution in [0, 0.1) is 0 Å². The fourth-order valence-electron chi connectivity index (χ4n) is 3.45. The monoisotopic (exact) mass is 413 g/mol. The molecule has 0 radical (unpaired) electrons. The van der Waals surface area contributed by atoms with Crippen molar-refractivity contribution in [1.29, 1.82) is 0 Å². The second kappa shape index (κ2) is 8.82. The molecule has 4 rings (SSSR count).